The minimum absolute atomic E-state index is 0.150. The topological polar surface area (TPSA) is 23.0 Å². The molecule has 3 heterocycles. The number of nitrogens with zero attached hydrogens (tertiary/aromatic N) is 2. The second-order valence-corrected chi connectivity index (χ2v) is 16.1. The predicted molar refractivity (Wildman–Crippen MR) is 264 cm³/mol. The van der Waals surface area contributed by atoms with Crippen LogP contribution in [0.4, 0.5) is 0 Å². The molecule has 0 aliphatic heterocycles. The number of hydrogen-bond donors (Lipinski definition) is 0. The fraction of sp³-hybridized carbons (Fsp3) is 0. The second-order valence-electron chi connectivity index (χ2n) is 16.1. The predicted octanol–water partition coefficient (Wildman–Crippen LogP) is 16.4. The lowest BCUT2D eigenvalue weighted by molar-refractivity contribution is 0.669. The Hall–Kier alpha value is -8.40. The first-order valence-corrected chi connectivity index (χ1v) is 21.2. The molecule has 0 saturated heterocycles. The summed E-state index contributed by atoms with van der Waals surface area (Å²) >= 11 is 0. The van der Waals surface area contributed by atoms with Crippen LogP contribution in [0.2, 0.25) is 0 Å². The fourth-order valence-electron chi connectivity index (χ4n) is 9.72. The molecule has 0 fully saturated rings. The van der Waals surface area contributed by atoms with Gasteiger partial charge < -0.3 is 13.6 Å². The molecule has 0 bridgehead atoms. The molecule has 63 heavy (non-hydrogen) atoms. The lowest BCUT2D eigenvalue weighted by Gasteiger charge is -2.11. The molecule has 0 amide bonds. The van der Waals surface area contributed by atoms with Gasteiger partial charge in [-0.05, 0) is 123 Å². The van der Waals surface area contributed by atoms with E-state index < -0.39 is 6.04 Å². The van der Waals surface area contributed by atoms with Crippen molar-refractivity contribution in [1.82, 2.24) is 9.13 Å². The number of fused-ring (bicyclic) bond motifs is 9. The monoisotopic (exact) mass is 807 g/mol. The van der Waals surface area contributed by atoms with Gasteiger partial charge in [0.2, 0.25) is 0 Å². The van der Waals surface area contributed by atoms with Crippen LogP contribution in [0.5, 0.6) is 0 Å². The van der Waals surface area contributed by atoms with Gasteiger partial charge in [0, 0.05) is 43.7 Å². The molecule has 0 N–H and O–H groups in total. The number of para-hydroxylation sites is 2. The van der Waals surface area contributed by atoms with E-state index in [9.17, 15) is 0 Å². The van der Waals surface area contributed by atoms with Gasteiger partial charge in [-0.25, -0.2) is 0 Å². The molecule has 3 heteroatoms. The molecule has 13 rings (SSSR count). The Bertz CT molecular complexity index is 4170. The third-order valence-electron chi connectivity index (χ3n) is 12.6. The fourth-order valence-corrected chi connectivity index (χ4v) is 9.72. The highest BCUT2D eigenvalue weighted by atomic mass is 16.3. The van der Waals surface area contributed by atoms with E-state index in [1.807, 2.05) is 18.2 Å². The Balaban J connectivity index is 0.909. The summed E-state index contributed by atoms with van der Waals surface area (Å²) in [5, 5.41) is 6.10. The van der Waals surface area contributed by atoms with Crippen molar-refractivity contribution in [3.05, 3.63) is 230 Å². The van der Waals surface area contributed by atoms with Crippen LogP contribution in [0, 0.1) is 0 Å². The first-order valence-electron chi connectivity index (χ1n) is 23.7. The van der Waals surface area contributed by atoms with Gasteiger partial charge in [-0.2, -0.15) is 0 Å². The normalized spacial score (nSPS) is 12.9. The summed E-state index contributed by atoms with van der Waals surface area (Å²) in [7, 11) is 0. The average Bonchev–Trinajstić information content (AvgIpc) is 4.05. The number of hydrogen-bond acceptors (Lipinski definition) is 1. The lowest BCUT2D eigenvalue weighted by atomic mass is 9.99. The van der Waals surface area contributed by atoms with Gasteiger partial charge in [0.25, 0.3) is 0 Å². The molecule has 3 nitrogen and oxygen atoms in total. The largest absolute Gasteiger partial charge is 0.456 e. The zero-order chi connectivity index (χ0) is 45.8. The maximum absolute atomic E-state index is 8.79. The van der Waals surface area contributed by atoms with Gasteiger partial charge in [-0.1, -0.05) is 152 Å². The maximum atomic E-state index is 8.79. The van der Waals surface area contributed by atoms with Crippen LogP contribution in [-0.2, 0) is 0 Å². The summed E-state index contributed by atoms with van der Waals surface area (Å²) in [5.74, 6) is 0. The Kier molecular flexibility index (Phi) is 6.84. The minimum Gasteiger partial charge on any atom is -0.456 e. The van der Waals surface area contributed by atoms with Crippen molar-refractivity contribution < 1.29 is 11.3 Å². The SMILES string of the molecule is [2H]c1c([2H])c([2H])c(-c2cccc3oc4ccc(-n5c6ccccc6c6cc(-c7ccc8c(c7)c7ccccc7n8-c7ccc(-c8cccc(-c9ccccc9)c8)cc7)ccc65)cc4c23)c([2H])c1[2H]. The van der Waals surface area contributed by atoms with Crippen molar-refractivity contribution in [3.63, 3.8) is 0 Å². The molecule has 0 saturated carbocycles. The van der Waals surface area contributed by atoms with E-state index >= 15 is 0 Å². The van der Waals surface area contributed by atoms with E-state index in [-0.39, 0.29) is 29.7 Å². The van der Waals surface area contributed by atoms with Gasteiger partial charge in [-0.15, -0.1) is 0 Å². The molecule has 0 aliphatic rings. The van der Waals surface area contributed by atoms with Gasteiger partial charge >= 0.3 is 0 Å². The molecule has 3 aromatic heterocycles. The van der Waals surface area contributed by atoms with Gasteiger partial charge in [0.15, 0.2) is 0 Å². The Morgan fingerprint density at radius 1 is 0.317 bits per heavy atom. The van der Waals surface area contributed by atoms with Crippen molar-refractivity contribution in [1.29, 1.82) is 0 Å². The number of benzene rings is 10. The molecule has 13 aromatic rings. The highest BCUT2D eigenvalue weighted by Crippen LogP contribution is 2.41. The summed E-state index contributed by atoms with van der Waals surface area (Å²) in [6.07, 6.45) is 0. The summed E-state index contributed by atoms with van der Waals surface area (Å²) in [4.78, 5) is 0. The Morgan fingerprint density at radius 2 is 0.841 bits per heavy atom. The summed E-state index contributed by atoms with van der Waals surface area (Å²) < 4.78 is 53.5. The summed E-state index contributed by atoms with van der Waals surface area (Å²) in [6, 6.07) is 68.6. The van der Waals surface area contributed by atoms with Crippen molar-refractivity contribution in [3.8, 4) is 55.9 Å². The van der Waals surface area contributed by atoms with E-state index in [1.165, 1.54) is 33.0 Å². The van der Waals surface area contributed by atoms with E-state index in [0.29, 0.717) is 22.1 Å². The first-order chi connectivity index (χ1) is 33.3. The Labute approximate surface area is 371 Å². The minimum atomic E-state index is -0.419. The summed E-state index contributed by atoms with van der Waals surface area (Å²) in [5.41, 5.74) is 15.3. The molecule has 0 spiro atoms. The van der Waals surface area contributed by atoms with E-state index in [4.69, 9.17) is 11.3 Å². The van der Waals surface area contributed by atoms with Crippen molar-refractivity contribution >= 4 is 65.6 Å². The molecular weight excluding hydrogens is 765 g/mol. The molecule has 0 unspecified atom stereocenters. The molecular formula is C60H38N2O. The van der Waals surface area contributed by atoms with E-state index in [1.54, 1.807) is 12.1 Å². The van der Waals surface area contributed by atoms with Crippen molar-refractivity contribution in [2.24, 2.45) is 0 Å². The second kappa shape index (κ2) is 14.1. The van der Waals surface area contributed by atoms with Crippen molar-refractivity contribution in [2.75, 3.05) is 0 Å². The van der Waals surface area contributed by atoms with Crippen LogP contribution >= 0.6 is 0 Å². The molecule has 0 atom stereocenters. The smallest absolute Gasteiger partial charge is 0.136 e. The van der Waals surface area contributed by atoms with E-state index in [0.717, 1.165) is 60.7 Å². The third-order valence-corrected chi connectivity index (χ3v) is 12.6. The van der Waals surface area contributed by atoms with Crippen LogP contribution in [0.1, 0.15) is 6.85 Å². The summed E-state index contributed by atoms with van der Waals surface area (Å²) in [6.45, 7) is 0. The number of furan rings is 1. The number of rotatable bonds is 6. The lowest BCUT2D eigenvalue weighted by Crippen LogP contribution is -1.94. The zero-order valence-electron chi connectivity index (χ0n) is 38.9. The van der Waals surface area contributed by atoms with Crippen LogP contribution in [0.3, 0.4) is 0 Å². The third kappa shape index (κ3) is 5.67. The highest BCUT2D eigenvalue weighted by Gasteiger charge is 2.19. The molecule has 0 aliphatic carbocycles. The highest BCUT2D eigenvalue weighted by molar-refractivity contribution is 6.15. The van der Waals surface area contributed by atoms with Gasteiger partial charge in [0.1, 0.15) is 11.2 Å². The van der Waals surface area contributed by atoms with Crippen molar-refractivity contribution in [2.45, 2.75) is 0 Å². The quantitative estimate of drug-likeness (QED) is 0.164. The zero-order valence-corrected chi connectivity index (χ0v) is 33.9. The van der Waals surface area contributed by atoms with Crippen LogP contribution in [-0.4, -0.2) is 9.13 Å². The maximum Gasteiger partial charge on any atom is 0.136 e. The number of aromatic nitrogens is 2. The standard InChI is InChI=1S/C60H38N2O/c1-3-13-39(14-4-1)42-17-11-18-43(35-42)40-25-29-46(30-26-40)61-54-22-9-7-19-49(54)51-36-44(27-32-56(51)61)45-28-33-57-52(37-45)50-20-8-10-23-55(50)62(57)47-31-34-58-53(38-47)60-48(21-12-24-59(60)63-58)41-15-5-2-6-16-41/h1-38H/i2D,5D,6D,15D,16D. The molecule has 0 radical (unpaired) electrons. The average molecular weight is 808 g/mol. The molecule has 294 valence electrons. The van der Waals surface area contributed by atoms with Crippen LogP contribution in [0.25, 0.3) is 121 Å². The van der Waals surface area contributed by atoms with E-state index in [2.05, 4.69) is 179 Å². The first kappa shape index (κ1) is 30.6. The van der Waals surface area contributed by atoms with Gasteiger partial charge in [0.05, 0.1) is 28.9 Å². The van der Waals surface area contributed by atoms with Crippen LogP contribution in [0.15, 0.2) is 235 Å². The Morgan fingerprint density at radius 3 is 1.52 bits per heavy atom. The van der Waals surface area contributed by atoms with Crippen LogP contribution < -0.4 is 0 Å². The molecule has 10 aromatic carbocycles. The van der Waals surface area contributed by atoms with Gasteiger partial charge in [-0.3, -0.25) is 0 Å².